The minimum atomic E-state index is -1.86. The van der Waals surface area contributed by atoms with Crippen molar-refractivity contribution in [2.45, 2.75) is 18.9 Å². The highest BCUT2D eigenvalue weighted by Crippen LogP contribution is 2.29. The molecule has 2 rings (SSSR count). The molecular weight excluding hydrogens is 286 g/mol. The van der Waals surface area contributed by atoms with E-state index < -0.39 is 12.2 Å². The number of aliphatic hydroxyl groups excluding tert-OH is 1. The van der Waals surface area contributed by atoms with Gasteiger partial charge in [0.2, 0.25) is 0 Å². The fraction of sp³-hybridized carbons (Fsp3) is 0.222. The van der Waals surface area contributed by atoms with Gasteiger partial charge in [0.25, 0.3) is 6.08 Å². The minimum Gasteiger partial charge on any atom is -0.493 e. The van der Waals surface area contributed by atoms with E-state index >= 15 is 0 Å². The molecule has 0 aliphatic rings. The second-order valence-corrected chi connectivity index (χ2v) is 4.88. The molecule has 0 saturated heterocycles. The summed E-state index contributed by atoms with van der Waals surface area (Å²) in [6.07, 6.45) is -1.70. The Morgan fingerprint density at radius 3 is 2.45 bits per heavy atom. The second-order valence-electron chi connectivity index (χ2n) is 4.88. The van der Waals surface area contributed by atoms with Crippen molar-refractivity contribution in [2.75, 3.05) is 6.61 Å². The molecular formula is C18H18F2O2. The van der Waals surface area contributed by atoms with E-state index in [2.05, 4.69) is 0 Å². The lowest BCUT2D eigenvalue weighted by Gasteiger charge is -2.12. The van der Waals surface area contributed by atoms with Gasteiger partial charge < -0.3 is 9.84 Å². The molecule has 2 aromatic rings. The van der Waals surface area contributed by atoms with Crippen LogP contribution in [0, 0.1) is 0 Å². The Bertz CT molecular complexity index is 607. The van der Waals surface area contributed by atoms with Gasteiger partial charge >= 0.3 is 0 Å². The van der Waals surface area contributed by atoms with Crippen LogP contribution in [-0.2, 0) is 0 Å². The number of halogens is 2. The molecule has 0 spiro atoms. The molecule has 0 aromatic heterocycles. The Kier molecular flexibility index (Phi) is 6.10. The van der Waals surface area contributed by atoms with Crippen molar-refractivity contribution < 1.29 is 18.6 Å². The van der Waals surface area contributed by atoms with Crippen LogP contribution in [0.1, 0.15) is 12.8 Å². The van der Waals surface area contributed by atoms with Crippen LogP contribution in [0.25, 0.3) is 11.1 Å². The molecule has 0 aliphatic heterocycles. The van der Waals surface area contributed by atoms with Crippen molar-refractivity contribution in [2.24, 2.45) is 0 Å². The second kappa shape index (κ2) is 8.29. The highest BCUT2D eigenvalue weighted by atomic mass is 19.3. The summed E-state index contributed by atoms with van der Waals surface area (Å²) < 4.78 is 29.7. The Hall–Kier alpha value is -2.20. The summed E-state index contributed by atoms with van der Waals surface area (Å²) in [7, 11) is 0. The van der Waals surface area contributed by atoms with Crippen LogP contribution in [0.2, 0.25) is 0 Å². The average molecular weight is 304 g/mol. The van der Waals surface area contributed by atoms with Crippen LogP contribution in [0.15, 0.2) is 66.8 Å². The van der Waals surface area contributed by atoms with Crippen molar-refractivity contribution in [3.8, 4) is 16.9 Å². The summed E-state index contributed by atoms with van der Waals surface area (Å²) in [6, 6.07) is 17.5. The third-order valence-corrected chi connectivity index (χ3v) is 3.19. The molecule has 1 unspecified atom stereocenters. The monoisotopic (exact) mass is 304 g/mol. The van der Waals surface area contributed by atoms with Gasteiger partial charge in [0.05, 0.1) is 12.7 Å². The molecule has 0 aliphatic carbocycles. The molecule has 0 radical (unpaired) electrons. The lowest BCUT2D eigenvalue weighted by molar-refractivity contribution is 0.189. The smallest absolute Gasteiger partial charge is 0.268 e. The fourth-order valence-electron chi connectivity index (χ4n) is 2.15. The number of rotatable bonds is 7. The SMILES string of the molecule is OC(C=C(F)F)CCCOc1ccccc1-c1ccccc1. The number of hydrogen-bond acceptors (Lipinski definition) is 2. The maximum Gasteiger partial charge on any atom is 0.268 e. The molecule has 22 heavy (non-hydrogen) atoms. The Balaban J connectivity index is 1.93. The topological polar surface area (TPSA) is 29.5 Å². The van der Waals surface area contributed by atoms with Crippen molar-refractivity contribution in [1.29, 1.82) is 0 Å². The van der Waals surface area contributed by atoms with E-state index in [1.54, 1.807) is 0 Å². The minimum absolute atomic E-state index is 0.241. The number of ether oxygens (including phenoxy) is 1. The molecule has 2 aromatic carbocycles. The first-order valence-electron chi connectivity index (χ1n) is 7.15. The average Bonchev–Trinajstić information content (AvgIpc) is 2.52. The van der Waals surface area contributed by atoms with Crippen molar-refractivity contribution in [1.82, 2.24) is 0 Å². The first-order valence-corrected chi connectivity index (χ1v) is 7.15. The molecule has 0 heterocycles. The molecule has 0 saturated carbocycles. The van der Waals surface area contributed by atoms with Crippen LogP contribution in [0.5, 0.6) is 5.75 Å². The zero-order valence-electron chi connectivity index (χ0n) is 12.1. The van der Waals surface area contributed by atoms with Gasteiger partial charge in [0, 0.05) is 11.6 Å². The van der Waals surface area contributed by atoms with E-state index in [1.165, 1.54) is 0 Å². The third kappa shape index (κ3) is 4.97. The van der Waals surface area contributed by atoms with Crippen LogP contribution in [0.4, 0.5) is 8.78 Å². The number of para-hydroxylation sites is 1. The maximum atomic E-state index is 12.0. The number of aliphatic hydroxyl groups is 1. The van der Waals surface area contributed by atoms with Gasteiger partial charge in [-0.3, -0.25) is 0 Å². The van der Waals surface area contributed by atoms with Gasteiger partial charge in [-0.15, -0.1) is 0 Å². The van der Waals surface area contributed by atoms with E-state index in [4.69, 9.17) is 4.74 Å². The van der Waals surface area contributed by atoms with Crippen LogP contribution in [-0.4, -0.2) is 17.8 Å². The van der Waals surface area contributed by atoms with Crippen molar-refractivity contribution >= 4 is 0 Å². The number of benzene rings is 2. The molecule has 0 fully saturated rings. The summed E-state index contributed by atoms with van der Waals surface area (Å²) in [5, 5.41) is 9.34. The predicted octanol–water partition coefficient (Wildman–Crippen LogP) is 4.65. The third-order valence-electron chi connectivity index (χ3n) is 3.19. The first kappa shape index (κ1) is 16.2. The largest absolute Gasteiger partial charge is 0.493 e. The summed E-state index contributed by atoms with van der Waals surface area (Å²) in [4.78, 5) is 0. The van der Waals surface area contributed by atoms with E-state index in [0.717, 1.165) is 16.9 Å². The molecule has 1 atom stereocenters. The van der Waals surface area contributed by atoms with E-state index in [9.17, 15) is 13.9 Å². The van der Waals surface area contributed by atoms with Gasteiger partial charge in [0.15, 0.2) is 0 Å². The van der Waals surface area contributed by atoms with Crippen LogP contribution < -0.4 is 4.74 Å². The summed E-state index contributed by atoms with van der Waals surface area (Å²) in [5.41, 5.74) is 2.04. The van der Waals surface area contributed by atoms with Gasteiger partial charge in [-0.25, -0.2) is 0 Å². The van der Waals surface area contributed by atoms with Crippen LogP contribution in [0.3, 0.4) is 0 Å². The summed E-state index contributed by atoms with van der Waals surface area (Å²) in [5.74, 6) is 0.746. The quantitative estimate of drug-likeness (QED) is 0.754. The first-order chi connectivity index (χ1) is 10.7. The highest BCUT2D eigenvalue weighted by molar-refractivity contribution is 5.70. The van der Waals surface area contributed by atoms with E-state index in [0.29, 0.717) is 19.1 Å². The van der Waals surface area contributed by atoms with Crippen molar-refractivity contribution in [3.05, 3.63) is 66.8 Å². The predicted molar refractivity (Wildman–Crippen MR) is 82.9 cm³/mol. The number of hydrogen-bond donors (Lipinski definition) is 1. The Morgan fingerprint density at radius 1 is 1.05 bits per heavy atom. The summed E-state index contributed by atoms with van der Waals surface area (Å²) in [6.45, 7) is 0.364. The molecule has 0 amide bonds. The normalized spacial score (nSPS) is 11.8. The van der Waals surface area contributed by atoms with E-state index in [1.807, 2.05) is 54.6 Å². The molecule has 2 nitrogen and oxygen atoms in total. The lowest BCUT2D eigenvalue weighted by atomic mass is 10.1. The van der Waals surface area contributed by atoms with Gasteiger partial charge in [-0.05, 0) is 24.5 Å². The maximum absolute atomic E-state index is 12.0. The van der Waals surface area contributed by atoms with Crippen molar-refractivity contribution in [3.63, 3.8) is 0 Å². The van der Waals surface area contributed by atoms with Crippen LogP contribution >= 0.6 is 0 Å². The molecule has 0 bridgehead atoms. The summed E-state index contributed by atoms with van der Waals surface area (Å²) >= 11 is 0. The molecule has 116 valence electrons. The standard InChI is InChI=1S/C18H18F2O2/c19-18(20)13-15(21)9-6-12-22-17-11-5-4-10-16(17)14-7-2-1-3-8-14/h1-5,7-8,10-11,13,15,21H,6,9,12H2. The fourth-order valence-corrected chi connectivity index (χ4v) is 2.15. The Morgan fingerprint density at radius 2 is 1.73 bits per heavy atom. The molecule has 4 heteroatoms. The zero-order chi connectivity index (χ0) is 15.8. The highest BCUT2D eigenvalue weighted by Gasteiger charge is 2.06. The van der Waals surface area contributed by atoms with E-state index in [-0.39, 0.29) is 6.42 Å². The van der Waals surface area contributed by atoms with Gasteiger partial charge in [-0.2, -0.15) is 8.78 Å². The molecule has 1 N–H and O–H groups in total. The zero-order valence-corrected chi connectivity index (χ0v) is 12.1. The van der Waals surface area contributed by atoms with Gasteiger partial charge in [0.1, 0.15) is 5.75 Å². The lowest BCUT2D eigenvalue weighted by Crippen LogP contribution is -2.06. The van der Waals surface area contributed by atoms with Gasteiger partial charge in [-0.1, -0.05) is 48.5 Å². The Labute approximate surface area is 128 Å².